The van der Waals surface area contributed by atoms with Crippen LogP contribution in [0.3, 0.4) is 0 Å². The van der Waals surface area contributed by atoms with Crippen LogP contribution in [0.15, 0.2) is 42.5 Å². The van der Waals surface area contributed by atoms with Gasteiger partial charge in [0.2, 0.25) is 10.0 Å². The number of rotatable bonds is 7. The average Bonchev–Trinajstić information content (AvgIpc) is 2.48. The summed E-state index contributed by atoms with van der Waals surface area (Å²) in [6, 6.07) is 9.28. The molecule has 0 saturated heterocycles. The molecule has 0 fully saturated rings. The lowest BCUT2D eigenvalue weighted by molar-refractivity contribution is -0.207. The molecule has 0 spiro atoms. The standard InChI is InChI=1S/C18H27NO5S/c1-18(2,3)24-17-11-10-15(19-25(4,20)21)16(23-17)13-22-12-14-8-6-5-7-9-14/h5-11,15-17,19H,12-13H2,1-4H3/t15-,16-,17-/m1/s1. The Morgan fingerprint density at radius 3 is 2.44 bits per heavy atom. The lowest BCUT2D eigenvalue weighted by atomic mass is 10.1. The molecule has 3 atom stereocenters. The molecule has 0 unspecified atom stereocenters. The van der Waals surface area contributed by atoms with Gasteiger partial charge in [0.05, 0.1) is 31.1 Å². The van der Waals surface area contributed by atoms with Gasteiger partial charge in [0, 0.05) is 0 Å². The van der Waals surface area contributed by atoms with Crippen LogP contribution < -0.4 is 4.72 Å². The maximum atomic E-state index is 11.6. The Labute approximate surface area is 150 Å². The number of sulfonamides is 1. The van der Waals surface area contributed by atoms with Gasteiger partial charge in [-0.3, -0.25) is 0 Å². The summed E-state index contributed by atoms with van der Waals surface area (Å²) in [5.41, 5.74) is 0.672. The maximum absolute atomic E-state index is 11.6. The van der Waals surface area contributed by atoms with E-state index >= 15 is 0 Å². The van der Waals surface area contributed by atoms with Gasteiger partial charge in [-0.15, -0.1) is 0 Å². The molecule has 140 valence electrons. The number of hydrogen-bond donors (Lipinski definition) is 1. The van der Waals surface area contributed by atoms with Crippen molar-refractivity contribution in [2.45, 2.75) is 51.4 Å². The van der Waals surface area contributed by atoms with Crippen molar-refractivity contribution in [3.8, 4) is 0 Å². The van der Waals surface area contributed by atoms with Crippen LogP contribution in [0, 0.1) is 0 Å². The van der Waals surface area contributed by atoms with E-state index in [0.717, 1.165) is 11.8 Å². The molecule has 0 aliphatic carbocycles. The van der Waals surface area contributed by atoms with Gasteiger partial charge in [0.1, 0.15) is 6.10 Å². The Hall–Kier alpha value is -1.25. The minimum absolute atomic E-state index is 0.246. The molecule has 2 rings (SSSR count). The first-order valence-electron chi connectivity index (χ1n) is 8.23. The summed E-state index contributed by atoms with van der Waals surface area (Å²) < 4.78 is 43.2. The first-order valence-corrected chi connectivity index (χ1v) is 10.1. The van der Waals surface area contributed by atoms with Crippen molar-refractivity contribution >= 4 is 10.0 Å². The number of hydrogen-bond acceptors (Lipinski definition) is 5. The zero-order valence-electron chi connectivity index (χ0n) is 15.1. The summed E-state index contributed by atoms with van der Waals surface area (Å²) in [5, 5.41) is 0. The number of nitrogens with one attached hydrogen (secondary N) is 1. The van der Waals surface area contributed by atoms with Crippen molar-refractivity contribution in [1.82, 2.24) is 4.72 Å². The number of benzene rings is 1. The Balaban J connectivity index is 1.99. The summed E-state index contributed by atoms with van der Waals surface area (Å²) in [6.07, 6.45) is 3.60. The average molecular weight is 369 g/mol. The van der Waals surface area contributed by atoms with Crippen LogP contribution in [0.1, 0.15) is 26.3 Å². The van der Waals surface area contributed by atoms with E-state index in [9.17, 15) is 8.42 Å². The highest BCUT2D eigenvalue weighted by Gasteiger charge is 2.31. The van der Waals surface area contributed by atoms with Crippen LogP contribution in [0.2, 0.25) is 0 Å². The lowest BCUT2D eigenvalue weighted by Gasteiger charge is -2.35. The van der Waals surface area contributed by atoms with Gasteiger partial charge in [-0.2, -0.15) is 0 Å². The predicted octanol–water partition coefficient (Wildman–Crippen LogP) is 2.22. The fraction of sp³-hybridized carbons (Fsp3) is 0.556. The fourth-order valence-corrected chi connectivity index (χ4v) is 3.15. The van der Waals surface area contributed by atoms with Crippen LogP contribution >= 0.6 is 0 Å². The van der Waals surface area contributed by atoms with Crippen molar-refractivity contribution in [2.24, 2.45) is 0 Å². The Morgan fingerprint density at radius 2 is 1.84 bits per heavy atom. The lowest BCUT2D eigenvalue weighted by Crippen LogP contribution is -2.49. The van der Waals surface area contributed by atoms with E-state index in [1.807, 2.05) is 51.1 Å². The molecule has 0 radical (unpaired) electrons. The highest BCUT2D eigenvalue weighted by atomic mass is 32.2. The third kappa shape index (κ3) is 7.66. The first kappa shape index (κ1) is 20.1. The van der Waals surface area contributed by atoms with Crippen molar-refractivity contribution < 1.29 is 22.6 Å². The molecule has 0 saturated carbocycles. The van der Waals surface area contributed by atoms with Crippen LogP contribution in [-0.4, -0.2) is 45.3 Å². The van der Waals surface area contributed by atoms with Crippen LogP contribution in [0.5, 0.6) is 0 Å². The molecule has 1 aliphatic heterocycles. The first-order chi connectivity index (χ1) is 11.6. The second kappa shape index (κ2) is 8.42. The highest BCUT2D eigenvalue weighted by molar-refractivity contribution is 7.88. The quantitative estimate of drug-likeness (QED) is 0.746. The van der Waals surface area contributed by atoms with Gasteiger partial charge in [0.25, 0.3) is 0 Å². The molecule has 6 nitrogen and oxygen atoms in total. The highest BCUT2D eigenvalue weighted by Crippen LogP contribution is 2.20. The van der Waals surface area contributed by atoms with Crippen molar-refractivity contribution in [3.05, 3.63) is 48.0 Å². The molecule has 1 aromatic rings. The summed E-state index contributed by atoms with van der Waals surface area (Å²) in [5.74, 6) is 0. The Kier molecular flexibility index (Phi) is 6.76. The molecular formula is C18H27NO5S. The smallest absolute Gasteiger partial charge is 0.209 e. The molecule has 0 aromatic heterocycles. The zero-order valence-corrected chi connectivity index (χ0v) is 16.0. The third-order valence-corrected chi connectivity index (χ3v) is 4.10. The van der Waals surface area contributed by atoms with E-state index in [-0.39, 0.29) is 12.2 Å². The van der Waals surface area contributed by atoms with Crippen LogP contribution in [0.4, 0.5) is 0 Å². The summed E-state index contributed by atoms with van der Waals surface area (Å²) in [4.78, 5) is 0. The number of ether oxygens (including phenoxy) is 3. The summed E-state index contributed by atoms with van der Waals surface area (Å²) in [6.45, 7) is 6.49. The fourth-order valence-electron chi connectivity index (χ4n) is 2.42. The van der Waals surface area contributed by atoms with Gasteiger partial charge in [0.15, 0.2) is 6.29 Å². The van der Waals surface area contributed by atoms with Gasteiger partial charge >= 0.3 is 0 Å². The second-order valence-corrected chi connectivity index (χ2v) is 8.85. The van der Waals surface area contributed by atoms with Crippen LogP contribution in [-0.2, 0) is 30.8 Å². The van der Waals surface area contributed by atoms with E-state index < -0.39 is 28.5 Å². The predicted molar refractivity (Wildman–Crippen MR) is 96.5 cm³/mol. The third-order valence-electron chi connectivity index (χ3n) is 3.40. The second-order valence-electron chi connectivity index (χ2n) is 7.07. The zero-order chi connectivity index (χ0) is 18.5. The van der Waals surface area contributed by atoms with Gasteiger partial charge < -0.3 is 14.2 Å². The topological polar surface area (TPSA) is 73.9 Å². The van der Waals surface area contributed by atoms with E-state index in [4.69, 9.17) is 14.2 Å². The summed E-state index contributed by atoms with van der Waals surface area (Å²) >= 11 is 0. The van der Waals surface area contributed by atoms with Gasteiger partial charge in [-0.1, -0.05) is 36.4 Å². The minimum atomic E-state index is -3.36. The maximum Gasteiger partial charge on any atom is 0.209 e. The normalized spacial score (nSPS) is 24.4. The van der Waals surface area contributed by atoms with E-state index in [1.54, 1.807) is 12.2 Å². The molecule has 1 heterocycles. The molecule has 1 N–H and O–H groups in total. The molecule has 1 aromatic carbocycles. The van der Waals surface area contributed by atoms with E-state index in [2.05, 4.69) is 4.72 Å². The SMILES string of the molecule is CC(C)(C)O[C@@H]1C=C[C@@H](NS(C)(=O)=O)[C@@H](COCc2ccccc2)O1. The Morgan fingerprint density at radius 1 is 1.16 bits per heavy atom. The summed E-state index contributed by atoms with van der Waals surface area (Å²) in [7, 11) is -3.36. The van der Waals surface area contributed by atoms with Crippen molar-refractivity contribution in [1.29, 1.82) is 0 Å². The molecule has 25 heavy (non-hydrogen) atoms. The van der Waals surface area contributed by atoms with E-state index in [1.165, 1.54) is 0 Å². The molecule has 0 bridgehead atoms. The van der Waals surface area contributed by atoms with Crippen molar-refractivity contribution in [3.63, 3.8) is 0 Å². The largest absolute Gasteiger partial charge is 0.374 e. The molecule has 0 amide bonds. The van der Waals surface area contributed by atoms with Crippen LogP contribution in [0.25, 0.3) is 0 Å². The molecular weight excluding hydrogens is 342 g/mol. The molecule has 1 aliphatic rings. The van der Waals surface area contributed by atoms with Gasteiger partial charge in [-0.05, 0) is 32.4 Å². The van der Waals surface area contributed by atoms with Crippen molar-refractivity contribution in [2.75, 3.05) is 12.9 Å². The molecule has 7 heteroatoms. The Bertz CT molecular complexity index is 666. The van der Waals surface area contributed by atoms with E-state index in [0.29, 0.717) is 6.61 Å². The monoisotopic (exact) mass is 369 g/mol. The van der Waals surface area contributed by atoms with Gasteiger partial charge in [-0.25, -0.2) is 13.1 Å². The minimum Gasteiger partial charge on any atom is -0.374 e.